The average molecular weight is 199 g/mol. The molecule has 2 aromatic rings. The fourth-order valence-corrected chi connectivity index (χ4v) is 1.20. The van der Waals surface area contributed by atoms with E-state index in [0.29, 0.717) is 5.02 Å². The van der Waals surface area contributed by atoms with Crippen molar-refractivity contribution in [3.63, 3.8) is 0 Å². The van der Waals surface area contributed by atoms with Crippen LogP contribution in [0, 0.1) is 0 Å². The van der Waals surface area contributed by atoms with Crippen molar-refractivity contribution in [2.24, 2.45) is 0 Å². The monoisotopic (exact) mass is 198 g/mol. The maximum atomic E-state index is 11.0. The highest BCUT2D eigenvalue weighted by molar-refractivity contribution is 6.31. The molecule has 0 fully saturated rings. The van der Waals surface area contributed by atoms with E-state index in [1.807, 2.05) is 0 Å². The van der Waals surface area contributed by atoms with Crippen LogP contribution in [0.2, 0.25) is 5.02 Å². The summed E-state index contributed by atoms with van der Waals surface area (Å²) >= 11 is 5.63. The molecular weight excluding hydrogens is 196 g/mol. The van der Waals surface area contributed by atoms with Gasteiger partial charge in [0.1, 0.15) is 0 Å². The van der Waals surface area contributed by atoms with Crippen LogP contribution in [0.25, 0.3) is 10.8 Å². The molecule has 0 bridgehead atoms. The lowest BCUT2D eigenvalue weighted by Gasteiger charge is -1.91. The molecule has 2 rings (SSSR count). The summed E-state index contributed by atoms with van der Waals surface area (Å²) in [6.07, 6.45) is 0. The van der Waals surface area contributed by atoms with Crippen molar-refractivity contribution in [2.75, 3.05) is 0 Å². The van der Waals surface area contributed by atoms with Gasteiger partial charge in [0.05, 0.1) is 10.8 Å². The summed E-state index contributed by atoms with van der Waals surface area (Å²) in [5, 5.41) is 0.662. The number of benzene rings is 1. The Morgan fingerprint density at radius 3 is 2.31 bits per heavy atom. The van der Waals surface area contributed by atoms with Crippen LogP contribution in [0.4, 0.5) is 0 Å². The minimum Gasteiger partial charge on any atom is -0.241 e. The number of hydrogen-bond donors (Lipinski definition) is 0. The minimum absolute atomic E-state index is 0.128. The van der Waals surface area contributed by atoms with Crippen molar-refractivity contribution >= 4 is 22.4 Å². The molecule has 0 spiro atoms. The second-order valence-electron chi connectivity index (χ2n) is 2.43. The van der Waals surface area contributed by atoms with Gasteiger partial charge in [-0.15, -0.1) is 0 Å². The Balaban J connectivity index is 3.10. The van der Waals surface area contributed by atoms with Crippen molar-refractivity contribution in [1.29, 1.82) is 0 Å². The quantitative estimate of drug-likeness (QED) is 0.601. The molecule has 0 aliphatic carbocycles. The third kappa shape index (κ3) is 1.25. The van der Waals surface area contributed by atoms with E-state index in [9.17, 15) is 9.59 Å². The number of halogens is 1. The predicted octanol–water partition coefficient (Wildman–Crippen LogP) is 1.40. The van der Waals surface area contributed by atoms with Crippen LogP contribution in [-0.4, -0.2) is 0 Å². The summed E-state index contributed by atoms with van der Waals surface area (Å²) in [5.74, 6) is 0. The fraction of sp³-hybridized carbons (Fsp3) is 0. The summed E-state index contributed by atoms with van der Waals surface area (Å²) in [6, 6.07) is 4.28. The largest absolute Gasteiger partial charge is 0.387 e. The van der Waals surface area contributed by atoms with E-state index in [4.69, 9.17) is 11.6 Å². The van der Waals surface area contributed by atoms with Gasteiger partial charge in [-0.3, -0.25) is 0 Å². The zero-order valence-corrected chi connectivity index (χ0v) is 7.00. The molecule has 1 aromatic heterocycles. The lowest BCUT2D eigenvalue weighted by atomic mass is 10.2. The minimum atomic E-state index is -0.711. The molecule has 0 atom stereocenters. The SMILES string of the molecule is O=c1ooc(=O)c2cc(Cl)ccc12. The highest BCUT2D eigenvalue weighted by Crippen LogP contribution is 2.12. The van der Waals surface area contributed by atoms with Gasteiger partial charge in [-0.2, -0.15) is 0 Å². The van der Waals surface area contributed by atoms with E-state index in [0.717, 1.165) is 0 Å². The topological polar surface area (TPSA) is 60.4 Å². The van der Waals surface area contributed by atoms with E-state index >= 15 is 0 Å². The molecule has 5 heteroatoms. The predicted molar refractivity (Wildman–Crippen MR) is 46.0 cm³/mol. The Kier molecular flexibility index (Phi) is 1.70. The van der Waals surface area contributed by atoms with Gasteiger partial charge >= 0.3 is 11.3 Å². The Labute approximate surface area is 76.3 Å². The molecule has 1 aromatic carbocycles. The van der Waals surface area contributed by atoms with Crippen LogP contribution < -0.4 is 11.3 Å². The number of hydrogen-bond acceptors (Lipinski definition) is 4. The van der Waals surface area contributed by atoms with E-state index in [-0.39, 0.29) is 10.8 Å². The van der Waals surface area contributed by atoms with Crippen LogP contribution in [0.3, 0.4) is 0 Å². The van der Waals surface area contributed by atoms with E-state index in [1.54, 1.807) is 0 Å². The summed E-state index contributed by atoms with van der Waals surface area (Å²) < 4.78 is 8.25. The van der Waals surface area contributed by atoms with Crippen LogP contribution in [-0.2, 0) is 0 Å². The summed E-state index contributed by atoms with van der Waals surface area (Å²) in [5.41, 5.74) is -1.40. The molecule has 0 aliphatic rings. The van der Waals surface area contributed by atoms with Gasteiger partial charge in [0.2, 0.25) is 0 Å². The number of rotatable bonds is 0. The summed E-state index contributed by atoms with van der Waals surface area (Å²) in [7, 11) is 0. The zero-order chi connectivity index (χ0) is 9.42. The van der Waals surface area contributed by atoms with Crippen molar-refractivity contribution in [3.05, 3.63) is 44.1 Å². The molecule has 66 valence electrons. The van der Waals surface area contributed by atoms with E-state index < -0.39 is 11.3 Å². The second kappa shape index (κ2) is 2.74. The maximum Gasteiger partial charge on any atom is 0.387 e. The number of fused-ring (bicyclic) bond motifs is 1. The molecule has 0 radical (unpaired) electrons. The van der Waals surface area contributed by atoms with Gasteiger partial charge in [-0.25, -0.2) is 18.7 Å². The normalized spacial score (nSPS) is 10.5. The third-order valence-electron chi connectivity index (χ3n) is 1.61. The van der Waals surface area contributed by atoms with Crippen LogP contribution in [0.5, 0.6) is 0 Å². The fourth-order valence-electron chi connectivity index (χ4n) is 1.03. The van der Waals surface area contributed by atoms with Gasteiger partial charge in [0.15, 0.2) is 0 Å². The second-order valence-corrected chi connectivity index (χ2v) is 2.87. The Hall–Kier alpha value is -1.55. The smallest absolute Gasteiger partial charge is 0.241 e. The maximum absolute atomic E-state index is 11.0. The van der Waals surface area contributed by atoms with Gasteiger partial charge in [0.25, 0.3) is 0 Å². The lowest BCUT2D eigenvalue weighted by molar-refractivity contribution is 0.0217. The average Bonchev–Trinajstić information content (AvgIpc) is 2.12. The van der Waals surface area contributed by atoms with Gasteiger partial charge < -0.3 is 0 Å². The molecule has 0 unspecified atom stereocenters. The van der Waals surface area contributed by atoms with Crippen molar-refractivity contribution in [1.82, 2.24) is 0 Å². The first-order valence-electron chi connectivity index (χ1n) is 3.41. The molecule has 0 N–H and O–H groups in total. The van der Waals surface area contributed by atoms with E-state index in [2.05, 4.69) is 9.15 Å². The van der Waals surface area contributed by atoms with Gasteiger partial charge in [-0.1, -0.05) is 11.6 Å². The van der Waals surface area contributed by atoms with Crippen molar-refractivity contribution < 1.29 is 9.15 Å². The molecule has 0 saturated carbocycles. The third-order valence-corrected chi connectivity index (χ3v) is 1.85. The van der Waals surface area contributed by atoms with Gasteiger partial charge in [0, 0.05) is 5.02 Å². The lowest BCUT2D eigenvalue weighted by Crippen LogP contribution is -2.08. The molecule has 0 amide bonds. The van der Waals surface area contributed by atoms with Crippen molar-refractivity contribution in [2.45, 2.75) is 0 Å². The molecule has 0 saturated heterocycles. The highest BCUT2D eigenvalue weighted by Gasteiger charge is 2.06. The first kappa shape index (κ1) is 8.07. The Bertz CT molecular complexity index is 566. The standard InChI is InChI=1S/C8H3ClO4/c9-4-1-2-5-6(3-4)8(11)13-12-7(5)10/h1-3H. The summed E-state index contributed by atoms with van der Waals surface area (Å²) in [4.78, 5) is 22.0. The molecule has 1 heterocycles. The zero-order valence-electron chi connectivity index (χ0n) is 6.24. The van der Waals surface area contributed by atoms with E-state index in [1.165, 1.54) is 18.2 Å². The van der Waals surface area contributed by atoms with Crippen molar-refractivity contribution in [3.8, 4) is 0 Å². The molecular formula is C8H3ClO4. The Morgan fingerprint density at radius 1 is 1.00 bits per heavy atom. The first-order chi connectivity index (χ1) is 6.18. The first-order valence-corrected chi connectivity index (χ1v) is 3.79. The molecule has 0 aliphatic heterocycles. The van der Waals surface area contributed by atoms with Crippen LogP contribution in [0.1, 0.15) is 0 Å². The van der Waals surface area contributed by atoms with Crippen LogP contribution in [0.15, 0.2) is 36.9 Å². The summed E-state index contributed by atoms with van der Waals surface area (Å²) in [6.45, 7) is 0. The molecule has 13 heavy (non-hydrogen) atoms. The molecule has 4 nitrogen and oxygen atoms in total. The Morgan fingerprint density at radius 2 is 1.62 bits per heavy atom. The highest BCUT2D eigenvalue weighted by atomic mass is 35.5. The van der Waals surface area contributed by atoms with Crippen LogP contribution >= 0.6 is 11.6 Å². The van der Waals surface area contributed by atoms with Gasteiger partial charge in [-0.05, 0) is 18.2 Å².